The Bertz CT molecular complexity index is 400. The van der Waals surface area contributed by atoms with Crippen LogP contribution in [0.25, 0.3) is 0 Å². The maximum atomic E-state index is 12.0. The number of benzene rings is 1. The number of carbonyl (C=O) groups is 1. The molecule has 1 aliphatic heterocycles. The van der Waals surface area contributed by atoms with Gasteiger partial charge >= 0.3 is 0 Å². The predicted molar refractivity (Wildman–Crippen MR) is 63.3 cm³/mol. The molecule has 1 aliphatic carbocycles. The van der Waals surface area contributed by atoms with Crippen LogP contribution in [0.15, 0.2) is 30.3 Å². The Balaban J connectivity index is 1.94. The second-order valence-corrected chi connectivity index (χ2v) is 5.05. The summed E-state index contributed by atoms with van der Waals surface area (Å²) in [4.78, 5) is 14.3. The largest absolute Gasteiger partial charge is 0.302 e. The summed E-state index contributed by atoms with van der Waals surface area (Å²) in [6.45, 7) is 1.03. The molecule has 16 heavy (non-hydrogen) atoms. The average Bonchev–Trinajstić information content (AvgIpc) is 2.83. The van der Waals surface area contributed by atoms with Crippen molar-refractivity contribution in [1.29, 1.82) is 0 Å². The van der Waals surface area contributed by atoms with Crippen molar-refractivity contribution in [3.8, 4) is 0 Å². The van der Waals surface area contributed by atoms with Crippen LogP contribution in [0, 0.1) is 5.92 Å². The van der Waals surface area contributed by atoms with Crippen LogP contribution in [0.3, 0.4) is 0 Å². The van der Waals surface area contributed by atoms with E-state index in [2.05, 4.69) is 36.2 Å². The number of hydrogen-bond donors (Lipinski definition) is 0. The highest BCUT2D eigenvalue weighted by molar-refractivity contribution is 5.85. The average molecular weight is 215 g/mol. The van der Waals surface area contributed by atoms with Crippen LogP contribution in [-0.4, -0.2) is 30.3 Å². The maximum absolute atomic E-state index is 12.0. The standard InChI is InChI=1S/C14H17NO/c1-15-9-11(10-5-3-2-4-6-10)14-12(15)7-8-13(14)16/h2-6,11-12,14H,7-9H2,1H3/t11-,12-,14-/m1/s1. The number of nitrogens with zero attached hydrogens (tertiary/aromatic N) is 1. The fourth-order valence-electron chi connectivity index (χ4n) is 3.41. The minimum atomic E-state index is 0.257. The van der Waals surface area contributed by atoms with Crippen LogP contribution in [0.1, 0.15) is 24.3 Å². The van der Waals surface area contributed by atoms with E-state index in [0.717, 1.165) is 19.4 Å². The van der Waals surface area contributed by atoms with Crippen LogP contribution >= 0.6 is 0 Å². The van der Waals surface area contributed by atoms with E-state index >= 15 is 0 Å². The molecule has 3 rings (SSSR count). The van der Waals surface area contributed by atoms with Crippen molar-refractivity contribution >= 4 is 5.78 Å². The van der Waals surface area contributed by atoms with Gasteiger partial charge in [0.1, 0.15) is 5.78 Å². The molecular formula is C14H17NO. The van der Waals surface area contributed by atoms with Crippen molar-refractivity contribution in [2.24, 2.45) is 5.92 Å². The molecule has 2 aliphatic rings. The van der Waals surface area contributed by atoms with Crippen LogP contribution in [-0.2, 0) is 4.79 Å². The van der Waals surface area contributed by atoms with E-state index in [1.165, 1.54) is 5.56 Å². The van der Waals surface area contributed by atoms with Crippen LogP contribution < -0.4 is 0 Å². The summed E-state index contributed by atoms with van der Waals surface area (Å²) < 4.78 is 0. The van der Waals surface area contributed by atoms with E-state index in [-0.39, 0.29) is 5.92 Å². The van der Waals surface area contributed by atoms with E-state index in [0.29, 0.717) is 17.7 Å². The number of Topliss-reactive ketones (excluding diaryl/α,β-unsaturated/α-hetero) is 1. The Morgan fingerprint density at radius 2 is 2.00 bits per heavy atom. The summed E-state index contributed by atoms with van der Waals surface area (Å²) in [6.07, 6.45) is 1.84. The van der Waals surface area contributed by atoms with Gasteiger partial charge in [-0.15, -0.1) is 0 Å². The van der Waals surface area contributed by atoms with Gasteiger partial charge < -0.3 is 4.90 Å². The number of hydrogen-bond acceptors (Lipinski definition) is 2. The topological polar surface area (TPSA) is 20.3 Å². The molecule has 0 amide bonds. The van der Waals surface area contributed by atoms with Gasteiger partial charge in [0.25, 0.3) is 0 Å². The third-order valence-electron chi connectivity index (χ3n) is 4.18. The van der Waals surface area contributed by atoms with Gasteiger partial charge in [-0.1, -0.05) is 30.3 Å². The lowest BCUT2D eigenvalue weighted by Gasteiger charge is -2.16. The van der Waals surface area contributed by atoms with Gasteiger partial charge in [0.15, 0.2) is 0 Å². The number of likely N-dealkylation sites (N-methyl/N-ethyl adjacent to an activating group) is 1. The van der Waals surface area contributed by atoms with Gasteiger partial charge in [-0.05, 0) is 19.0 Å². The van der Waals surface area contributed by atoms with Gasteiger partial charge in [-0.3, -0.25) is 4.79 Å². The third-order valence-corrected chi connectivity index (χ3v) is 4.18. The van der Waals surface area contributed by atoms with E-state index in [1.807, 2.05) is 6.07 Å². The Hall–Kier alpha value is -1.15. The van der Waals surface area contributed by atoms with Crippen molar-refractivity contribution in [1.82, 2.24) is 4.90 Å². The molecule has 0 bridgehead atoms. The maximum Gasteiger partial charge on any atom is 0.138 e. The number of carbonyl (C=O) groups excluding carboxylic acids is 1. The zero-order chi connectivity index (χ0) is 11.1. The first-order chi connectivity index (χ1) is 7.77. The molecule has 2 fully saturated rings. The second kappa shape index (κ2) is 3.70. The monoisotopic (exact) mass is 215 g/mol. The number of fused-ring (bicyclic) bond motifs is 1. The van der Waals surface area contributed by atoms with Crippen molar-refractivity contribution < 1.29 is 4.79 Å². The molecule has 2 nitrogen and oxygen atoms in total. The summed E-state index contributed by atoms with van der Waals surface area (Å²) >= 11 is 0. The number of ketones is 1. The summed E-state index contributed by atoms with van der Waals surface area (Å²) in [7, 11) is 2.15. The van der Waals surface area contributed by atoms with E-state index < -0.39 is 0 Å². The van der Waals surface area contributed by atoms with Gasteiger partial charge in [0.05, 0.1) is 0 Å². The summed E-state index contributed by atoms with van der Waals surface area (Å²) in [6, 6.07) is 11.0. The normalized spacial score (nSPS) is 34.3. The number of likely N-dealkylation sites (tertiary alicyclic amines) is 1. The fourth-order valence-corrected chi connectivity index (χ4v) is 3.41. The Morgan fingerprint density at radius 3 is 2.75 bits per heavy atom. The van der Waals surface area contributed by atoms with Crippen LogP contribution in [0.5, 0.6) is 0 Å². The van der Waals surface area contributed by atoms with Crippen molar-refractivity contribution in [2.45, 2.75) is 24.8 Å². The summed E-state index contributed by atoms with van der Waals surface area (Å²) in [5, 5.41) is 0. The SMILES string of the molecule is CN1C[C@H](c2ccccc2)[C@H]2C(=O)CC[C@H]21. The van der Waals surface area contributed by atoms with Crippen LogP contribution in [0.2, 0.25) is 0 Å². The minimum absolute atomic E-state index is 0.257. The van der Waals surface area contributed by atoms with Crippen molar-refractivity contribution in [3.63, 3.8) is 0 Å². The van der Waals surface area contributed by atoms with E-state index in [9.17, 15) is 4.79 Å². The quantitative estimate of drug-likeness (QED) is 0.714. The molecule has 3 atom stereocenters. The molecule has 1 saturated carbocycles. The molecule has 1 aromatic rings. The highest BCUT2D eigenvalue weighted by Crippen LogP contribution is 2.43. The molecule has 1 aromatic carbocycles. The molecular weight excluding hydrogens is 198 g/mol. The lowest BCUT2D eigenvalue weighted by Crippen LogP contribution is -2.26. The van der Waals surface area contributed by atoms with Gasteiger partial charge in [-0.25, -0.2) is 0 Å². The van der Waals surface area contributed by atoms with E-state index in [1.54, 1.807) is 0 Å². The zero-order valence-corrected chi connectivity index (χ0v) is 9.60. The summed E-state index contributed by atoms with van der Waals surface area (Å²) in [5.74, 6) is 1.15. The lowest BCUT2D eigenvalue weighted by atomic mass is 9.86. The Kier molecular flexibility index (Phi) is 2.32. The molecule has 0 radical (unpaired) electrons. The molecule has 0 aromatic heterocycles. The molecule has 1 heterocycles. The smallest absolute Gasteiger partial charge is 0.138 e. The highest BCUT2D eigenvalue weighted by atomic mass is 16.1. The third kappa shape index (κ3) is 1.40. The van der Waals surface area contributed by atoms with Crippen molar-refractivity contribution in [3.05, 3.63) is 35.9 Å². The Morgan fingerprint density at radius 1 is 1.25 bits per heavy atom. The first-order valence-corrected chi connectivity index (χ1v) is 6.05. The van der Waals surface area contributed by atoms with Gasteiger partial charge in [-0.2, -0.15) is 0 Å². The zero-order valence-electron chi connectivity index (χ0n) is 9.60. The first kappa shape index (κ1) is 10.0. The fraction of sp³-hybridized carbons (Fsp3) is 0.500. The number of rotatable bonds is 1. The van der Waals surface area contributed by atoms with Gasteiger partial charge in [0, 0.05) is 30.8 Å². The summed E-state index contributed by atoms with van der Waals surface area (Å²) in [5.41, 5.74) is 1.33. The molecule has 84 valence electrons. The van der Waals surface area contributed by atoms with Crippen molar-refractivity contribution in [2.75, 3.05) is 13.6 Å². The molecule has 0 N–H and O–H groups in total. The lowest BCUT2D eigenvalue weighted by molar-refractivity contribution is -0.121. The molecule has 1 saturated heterocycles. The molecule has 0 spiro atoms. The molecule has 0 unspecified atom stereocenters. The minimum Gasteiger partial charge on any atom is -0.302 e. The van der Waals surface area contributed by atoms with E-state index in [4.69, 9.17) is 0 Å². The van der Waals surface area contributed by atoms with Crippen LogP contribution in [0.4, 0.5) is 0 Å². The molecule has 2 heteroatoms. The predicted octanol–water partition coefficient (Wildman–Crippen LogP) is 2.06. The Labute approximate surface area is 96.3 Å². The second-order valence-electron chi connectivity index (χ2n) is 5.05. The highest BCUT2D eigenvalue weighted by Gasteiger charge is 2.47. The van der Waals surface area contributed by atoms with Gasteiger partial charge in [0.2, 0.25) is 0 Å². The first-order valence-electron chi connectivity index (χ1n) is 6.05.